The van der Waals surface area contributed by atoms with Crippen molar-refractivity contribution in [2.45, 2.75) is 26.4 Å². The zero-order valence-corrected chi connectivity index (χ0v) is 15.9. The first-order valence-electron chi connectivity index (χ1n) is 7.62. The van der Waals surface area contributed by atoms with E-state index < -0.39 is 0 Å². The molecule has 1 unspecified atom stereocenters. The summed E-state index contributed by atoms with van der Waals surface area (Å²) in [5.74, 6) is 1.03. The van der Waals surface area contributed by atoms with Crippen LogP contribution in [0.25, 0.3) is 0 Å². The summed E-state index contributed by atoms with van der Waals surface area (Å²) in [5.41, 5.74) is 0.666. The van der Waals surface area contributed by atoms with Crippen molar-refractivity contribution in [2.24, 2.45) is 0 Å². The third kappa shape index (κ3) is 5.73. The Morgan fingerprint density at radius 3 is 2.79 bits per heavy atom. The molecule has 0 aliphatic carbocycles. The molecule has 0 radical (unpaired) electrons. The van der Waals surface area contributed by atoms with Gasteiger partial charge in [-0.15, -0.1) is 0 Å². The number of ether oxygens (including phenoxy) is 2. The maximum Gasteiger partial charge on any atom is 0.262 e. The molecule has 1 atom stereocenters. The van der Waals surface area contributed by atoms with Gasteiger partial charge in [-0.3, -0.25) is 4.79 Å². The van der Waals surface area contributed by atoms with Gasteiger partial charge in [0, 0.05) is 16.8 Å². The number of rotatable bonds is 7. The molecule has 1 N–H and O–H groups in total. The number of amides is 1. The zero-order valence-electron chi connectivity index (χ0n) is 13.5. The van der Waals surface area contributed by atoms with E-state index in [1.54, 1.807) is 30.3 Å². The maximum atomic E-state index is 12.0. The molecule has 0 aliphatic heterocycles. The highest BCUT2D eigenvalue weighted by atomic mass is 79.9. The lowest BCUT2D eigenvalue weighted by atomic mass is 10.2. The lowest BCUT2D eigenvalue weighted by Crippen LogP contribution is -2.20. The molecule has 0 saturated carbocycles. The van der Waals surface area contributed by atoms with Crippen molar-refractivity contribution in [1.29, 1.82) is 0 Å². The topological polar surface area (TPSA) is 47.6 Å². The highest BCUT2D eigenvalue weighted by Gasteiger charge is 2.08. The highest BCUT2D eigenvalue weighted by Crippen LogP contribution is 2.28. The van der Waals surface area contributed by atoms with Gasteiger partial charge in [0.25, 0.3) is 5.91 Å². The lowest BCUT2D eigenvalue weighted by molar-refractivity contribution is -0.118. The molecule has 6 heteroatoms. The van der Waals surface area contributed by atoms with Crippen LogP contribution in [0.5, 0.6) is 11.5 Å². The van der Waals surface area contributed by atoms with Crippen LogP contribution in [0.1, 0.15) is 20.3 Å². The van der Waals surface area contributed by atoms with Crippen LogP contribution in [-0.4, -0.2) is 18.6 Å². The van der Waals surface area contributed by atoms with Crippen LogP contribution in [0.15, 0.2) is 46.9 Å². The average Bonchev–Trinajstić information content (AvgIpc) is 2.54. The highest BCUT2D eigenvalue weighted by molar-refractivity contribution is 9.10. The summed E-state index contributed by atoms with van der Waals surface area (Å²) < 4.78 is 11.9. The first-order chi connectivity index (χ1) is 11.5. The molecular formula is C18H19BrClNO3. The molecule has 0 bridgehead atoms. The van der Waals surface area contributed by atoms with Crippen LogP contribution in [0.4, 0.5) is 5.69 Å². The second-order valence-corrected chi connectivity index (χ2v) is 6.57. The summed E-state index contributed by atoms with van der Waals surface area (Å²) in [4.78, 5) is 12.0. The third-order valence-corrected chi connectivity index (χ3v) is 4.14. The first-order valence-corrected chi connectivity index (χ1v) is 8.79. The summed E-state index contributed by atoms with van der Waals surface area (Å²) in [7, 11) is 0. The molecule has 2 rings (SSSR count). The number of nitrogens with one attached hydrogen (secondary N) is 1. The minimum absolute atomic E-state index is 0.101. The van der Waals surface area contributed by atoms with Crippen molar-refractivity contribution >= 4 is 39.1 Å². The summed E-state index contributed by atoms with van der Waals surface area (Å²) in [6.07, 6.45) is 1.04. The number of hydrogen-bond donors (Lipinski definition) is 1. The molecule has 0 heterocycles. The summed E-state index contributed by atoms with van der Waals surface area (Å²) >= 11 is 9.22. The number of halogens is 2. The quantitative estimate of drug-likeness (QED) is 0.671. The van der Waals surface area contributed by atoms with Crippen LogP contribution in [0, 0.1) is 0 Å². The van der Waals surface area contributed by atoms with Crippen molar-refractivity contribution in [3.05, 3.63) is 52.0 Å². The van der Waals surface area contributed by atoms with Gasteiger partial charge < -0.3 is 14.8 Å². The lowest BCUT2D eigenvalue weighted by Gasteiger charge is -2.14. The normalized spacial score (nSPS) is 11.7. The fourth-order valence-electron chi connectivity index (χ4n) is 1.90. The van der Waals surface area contributed by atoms with Gasteiger partial charge in [0.05, 0.1) is 10.6 Å². The predicted molar refractivity (Wildman–Crippen MR) is 100 cm³/mol. The SMILES string of the molecule is CCC(C)Oc1cccc(NC(=O)COc2ccc(Cl)cc2Br)c1. The van der Waals surface area contributed by atoms with Crippen molar-refractivity contribution in [3.8, 4) is 11.5 Å². The van der Waals surface area contributed by atoms with Gasteiger partial charge >= 0.3 is 0 Å². The summed E-state index contributed by atoms with van der Waals surface area (Å²) in [6.45, 7) is 3.96. The minimum Gasteiger partial charge on any atom is -0.491 e. The predicted octanol–water partition coefficient (Wildman–Crippen LogP) is 5.30. The van der Waals surface area contributed by atoms with E-state index in [1.807, 2.05) is 19.1 Å². The van der Waals surface area contributed by atoms with E-state index in [-0.39, 0.29) is 18.6 Å². The fraction of sp³-hybridized carbons (Fsp3) is 0.278. The molecule has 0 spiro atoms. The number of hydrogen-bond acceptors (Lipinski definition) is 3. The molecule has 4 nitrogen and oxygen atoms in total. The van der Waals surface area contributed by atoms with E-state index in [2.05, 4.69) is 28.2 Å². The van der Waals surface area contributed by atoms with Crippen LogP contribution >= 0.6 is 27.5 Å². The van der Waals surface area contributed by atoms with Gasteiger partial charge in [0.15, 0.2) is 6.61 Å². The molecular weight excluding hydrogens is 394 g/mol. The Kier molecular flexibility index (Phi) is 6.94. The van der Waals surface area contributed by atoms with Gasteiger partial charge in [0.1, 0.15) is 11.5 Å². The van der Waals surface area contributed by atoms with Crippen LogP contribution < -0.4 is 14.8 Å². The third-order valence-electron chi connectivity index (χ3n) is 3.28. The molecule has 0 saturated heterocycles. The van der Waals surface area contributed by atoms with Gasteiger partial charge in [-0.1, -0.05) is 24.6 Å². The van der Waals surface area contributed by atoms with Crippen LogP contribution in [0.3, 0.4) is 0 Å². The van der Waals surface area contributed by atoms with E-state index >= 15 is 0 Å². The number of carbonyl (C=O) groups is 1. The summed E-state index contributed by atoms with van der Waals surface area (Å²) in [5, 5.41) is 3.38. The van der Waals surface area contributed by atoms with E-state index in [0.29, 0.717) is 20.9 Å². The van der Waals surface area contributed by atoms with Gasteiger partial charge in [-0.2, -0.15) is 0 Å². The van der Waals surface area contributed by atoms with E-state index in [1.165, 1.54) is 0 Å². The fourth-order valence-corrected chi connectivity index (χ4v) is 2.69. The average molecular weight is 413 g/mol. The largest absolute Gasteiger partial charge is 0.491 e. The smallest absolute Gasteiger partial charge is 0.262 e. The van der Waals surface area contributed by atoms with Crippen molar-refractivity contribution in [1.82, 2.24) is 0 Å². The second kappa shape index (κ2) is 8.94. The van der Waals surface area contributed by atoms with Crippen LogP contribution in [-0.2, 0) is 4.79 Å². The Morgan fingerprint density at radius 1 is 1.29 bits per heavy atom. The molecule has 2 aromatic rings. The molecule has 2 aromatic carbocycles. The number of anilines is 1. The molecule has 0 aromatic heterocycles. The molecule has 0 aliphatic rings. The standard InChI is InChI=1S/C18H19BrClNO3/c1-3-12(2)24-15-6-4-5-14(10-15)21-18(22)11-23-17-8-7-13(20)9-16(17)19/h4-10,12H,3,11H2,1-2H3,(H,21,22). The van der Waals surface area contributed by atoms with Gasteiger partial charge in [-0.05, 0) is 59.6 Å². The van der Waals surface area contributed by atoms with Crippen molar-refractivity contribution in [2.75, 3.05) is 11.9 Å². The van der Waals surface area contributed by atoms with Crippen LogP contribution in [0.2, 0.25) is 5.02 Å². The molecule has 128 valence electrons. The van der Waals surface area contributed by atoms with E-state index in [0.717, 1.165) is 12.2 Å². The second-order valence-electron chi connectivity index (χ2n) is 5.28. The van der Waals surface area contributed by atoms with E-state index in [9.17, 15) is 4.79 Å². The summed E-state index contributed by atoms with van der Waals surface area (Å²) in [6, 6.07) is 12.4. The molecule has 0 fully saturated rings. The van der Waals surface area contributed by atoms with Crippen molar-refractivity contribution in [3.63, 3.8) is 0 Å². The Bertz CT molecular complexity index is 708. The number of benzene rings is 2. The van der Waals surface area contributed by atoms with Crippen molar-refractivity contribution < 1.29 is 14.3 Å². The molecule has 1 amide bonds. The van der Waals surface area contributed by atoms with E-state index in [4.69, 9.17) is 21.1 Å². The zero-order chi connectivity index (χ0) is 17.5. The Labute approximate surface area is 155 Å². The Balaban J connectivity index is 1.91. The van der Waals surface area contributed by atoms with Gasteiger partial charge in [-0.25, -0.2) is 0 Å². The monoisotopic (exact) mass is 411 g/mol. The first kappa shape index (κ1) is 18.6. The minimum atomic E-state index is -0.252. The molecule has 24 heavy (non-hydrogen) atoms. The van der Waals surface area contributed by atoms with Gasteiger partial charge in [0.2, 0.25) is 0 Å². The Hall–Kier alpha value is -1.72. The maximum absolute atomic E-state index is 12.0. The number of carbonyl (C=O) groups excluding carboxylic acids is 1. The Morgan fingerprint density at radius 2 is 2.08 bits per heavy atom.